The average Bonchev–Trinajstić information content (AvgIpc) is 2.85. The van der Waals surface area contributed by atoms with E-state index < -0.39 is 29.6 Å². The number of dihydropyridines is 1. The molecule has 3 aromatic rings. The van der Waals surface area contributed by atoms with Crippen LogP contribution in [0.25, 0.3) is 5.70 Å². The van der Waals surface area contributed by atoms with Gasteiger partial charge >= 0.3 is 12.3 Å². The highest BCUT2D eigenvalue weighted by Crippen LogP contribution is 2.46. The Hall–Kier alpha value is -4.33. The first-order valence-corrected chi connectivity index (χ1v) is 10.6. The maximum absolute atomic E-state index is 14.1. The van der Waals surface area contributed by atoms with Gasteiger partial charge < -0.3 is 15.2 Å². The lowest BCUT2D eigenvalue weighted by Gasteiger charge is -2.33. The predicted octanol–water partition coefficient (Wildman–Crippen LogP) is 6.61. The van der Waals surface area contributed by atoms with Crippen LogP contribution in [0.5, 0.6) is 0 Å². The molecule has 8 heteroatoms. The fraction of sp³-hybridized carbons (Fsp3) is 0.111. The van der Waals surface area contributed by atoms with E-state index in [1.54, 1.807) is 60.7 Å². The Morgan fingerprint density at radius 1 is 0.886 bits per heavy atom. The third-order valence-electron chi connectivity index (χ3n) is 5.62. The maximum atomic E-state index is 14.1. The third-order valence-corrected chi connectivity index (χ3v) is 5.62. The molecular weight excluding hydrogens is 459 g/mol. The highest BCUT2D eigenvalue weighted by atomic mass is 19.4. The van der Waals surface area contributed by atoms with Crippen molar-refractivity contribution in [3.8, 4) is 0 Å². The molecule has 1 aliphatic heterocycles. The van der Waals surface area contributed by atoms with Gasteiger partial charge in [-0.2, -0.15) is 13.2 Å². The number of hydrogen-bond acceptors (Lipinski definition) is 4. The van der Waals surface area contributed by atoms with Crippen LogP contribution in [0.2, 0.25) is 0 Å². The van der Waals surface area contributed by atoms with Crippen molar-refractivity contribution in [2.75, 3.05) is 0 Å². The molecule has 0 spiro atoms. The van der Waals surface area contributed by atoms with Gasteiger partial charge in [0.2, 0.25) is 0 Å². The molecule has 0 radical (unpaired) electrons. The molecule has 0 amide bonds. The molecule has 0 saturated carbocycles. The average molecular weight is 479 g/mol. The lowest BCUT2D eigenvalue weighted by molar-refractivity contribution is -0.138. The summed E-state index contributed by atoms with van der Waals surface area (Å²) in [5, 5.41) is 12.4. The summed E-state index contributed by atoms with van der Waals surface area (Å²) in [5.41, 5.74) is -0.0892. The molecular formula is C27H20F3NO4. The van der Waals surface area contributed by atoms with E-state index in [1.165, 1.54) is 25.1 Å². The zero-order valence-corrected chi connectivity index (χ0v) is 18.5. The van der Waals surface area contributed by atoms with Crippen molar-refractivity contribution >= 4 is 17.6 Å². The zero-order valence-electron chi connectivity index (χ0n) is 18.5. The minimum atomic E-state index is -4.75. The van der Waals surface area contributed by atoms with Gasteiger partial charge in [0.15, 0.2) is 5.78 Å². The van der Waals surface area contributed by atoms with Gasteiger partial charge in [-0.1, -0.05) is 78.9 Å². The minimum Gasteiger partial charge on any atom is -0.449 e. The van der Waals surface area contributed by atoms with Gasteiger partial charge in [0.1, 0.15) is 5.76 Å². The first kappa shape index (κ1) is 23.8. The number of ketones is 1. The number of Topliss-reactive ketones (excluding diaryl/α,β-unsaturated/α-hetero) is 1. The third kappa shape index (κ3) is 4.82. The van der Waals surface area contributed by atoms with Crippen LogP contribution in [0.1, 0.15) is 39.9 Å². The second-order valence-electron chi connectivity index (χ2n) is 7.85. The van der Waals surface area contributed by atoms with Gasteiger partial charge in [-0.25, -0.2) is 4.79 Å². The molecule has 0 bridgehead atoms. The monoisotopic (exact) mass is 479 g/mol. The molecule has 1 atom stereocenters. The zero-order chi connectivity index (χ0) is 25.2. The number of carbonyl (C=O) groups is 2. The van der Waals surface area contributed by atoms with E-state index in [1.807, 2.05) is 0 Å². The highest BCUT2D eigenvalue weighted by Gasteiger charge is 2.42. The van der Waals surface area contributed by atoms with Crippen molar-refractivity contribution in [1.82, 2.24) is 5.32 Å². The van der Waals surface area contributed by atoms with Crippen LogP contribution >= 0.6 is 0 Å². The van der Waals surface area contributed by atoms with Gasteiger partial charge in [0.05, 0.1) is 22.9 Å². The van der Waals surface area contributed by atoms with Crippen LogP contribution in [0, 0.1) is 0 Å². The Morgan fingerprint density at radius 3 is 2.06 bits per heavy atom. The molecule has 4 rings (SSSR count). The number of carboxylic acid groups (broad SMARTS) is 1. The van der Waals surface area contributed by atoms with Crippen LogP contribution in [-0.2, 0) is 10.9 Å². The lowest BCUT2D eigenvalue weighted by atomic mass is 9.78. The summed E-state index contributed by atoms with van der Waals surface area (Å²) >= 11 is 0. The van der Waals surface area contributed by atoms with Crippen molar-refractivity contribution in [2.45, 2.75) is 19.0 Å². The van der Waals surface area contributed by atoms with Gasteiger partial charge in [-0.15, -0.1) is 0 Å². The minimum absolute atomic E-state index is 0.0547. The molecule has 0 aromatic heterocycles. The van der Waals surface area contributed by atoms with E-state index in [2.05, 4.69) is 5.32 Å². The van der Waals surface area contributed by atoms with Gasteiger partial charge in [0.25, 0.3) is 0 Å². The predicted molar refractivity (Wildman–Crippen MR) is 123 cm³/mol. The SMILES string of the molecule is CC1=C(OC(=O)O)C(c2ccccc2C(F)(F)F)C(C(=O)c2ccccc2)=C(c2ccccc2)N1. The standard InChI is InChI=1S/C27H20F3NO4/c1-16-25(35-26(33)34)21(19-14-8-9-15-20(19)27(28,29)30)22(24(32)18-12-6-3-7-13-18)23(31-16)17-10-4-2-5-11-17/h2-15,21,31H,1H3,(H,33,34). The van der Waals surface area contributed by atoms with Gasteiger partial charge in [-0.3, -0.25) is 4.79 Å². The number of alkyl halides is 3. The molecule has 5 nitrogen and oxygen atoms in total. The van der Waals surface area contributed by atoms with Crippen molar-refractivity contribution in [1.29, 1.82) is 0 Å². The number of ether oxygens (including phenoxy) is 1. The second kappa shape index (κ2) is 9.50. The molecule has 178 valence electrons. The Labute approximate surface area is 199 Å². The first-order valence-electron chi connectivity index (χ1n) is 10.6. The largest absolute Gasteiger partial charge is 0.511 e. The lowest BCUT2D eigenvalue weighted by Crippen LogP contribution is -2.31. The summed E-state index contributed by atoms with van der Waals surface area (Å²) in [4.78, 5) is 25.4. The number of carbonyl (C=O) groups excluding carboxylic acids is 1. The molecule has 0 fully saturated rings. The smallest absolute Gasteiger partial charge is 0.449 e. The fourth-order valence-electron chi connectivity index (χ4n) is 4.16. The van der Waals surface area contributed by atoms with Crippen molar-refractivity contribution in [2.24, 2.45) is 0 Å². The van der Waals surface area contributed by atoms with E-state index in [0.29, 0.717) is 5.56 Å². The van der Waals surface area contributed by atoms with Crippen LogP contribution in [0.15, 0.2) is 102 Å². The molecule has 35 heavy (non-hydrogen) atoms. The number of allylic oxidation sites excluding steroid dienone is 2. The first-order chi connectivity index (χ1) is 16.7. The molecule has 0 aliphatic carbocycles. The van der Waals surface area contributed by atoms with E-state index in [4.69, 9.17) is 4.74 Å². The molecule has 1 unspecified atom stereocenters. The molecule has 3 aromatic carbocycles. The van der Waals surface area contributed by atoms with E-state index >= 15 is 0 Å². The van der Waals surface area contributed by atoms with E-state index in [0.717, 1.165) is 6.07 Å². The van der Waals surface area contributed by atoms with Crippen molar-refractivity contribution < 1.29 is 32.6 Å². The van der Waals surface area contributed by atoms with Crippen molar-refractivity contribution in [3.05, 3.63) is 124 Å². The molecule has 2 N–H and O–H groups in total. The Bertz CT molecular complexity index is 1330. The van der Waals surface area contributed by atoms with Gasteiger partial charge in [0, 0.05) is 11.1 Å². The summed E-state index contributed by atoms with van der Waals surface area (Å²) in [5.74, 6) is -2.29. The second-order valence-corrected chi connectivity index (χ2v) is 7.85. The summed E-state index contributed by atoms with van der Waals surface area (Å²) in [6, 6.07) is 21.5. The van der Waals surface area contributed by atoms with Crippen molar-refractivity contribution in [3.63, 3.8) is 0 Å². The summed E-state index contributed by atoms with van der Waals surface area (Å²) in [6.45, 7) is 1.49. The number of nitrogens with one attached hydrogen (secondary N) is 1. The summed E-state index contributed by atoms with van der Waals surface area (Å²) < 4.78 is 47.2. The molecule has 0 saturated heterocycles. The topological polar surface area (TPSA) is 75.6 Å². The maximum Gasteiger partial charge on any atom is 0.511 e. The normalized spacial score (nSPS) is 16.1. The number of rotatable bonds is 5. The quantitative estimate of drug-likeness (QED) is 0.318. The number of benzene rings is 3. The van der Waals surface area contributed by atoms with E-state index in [-0.39, 0.29) is 33.9 Å². The van der Waals surface area contributed by atoms with Crippen LogP contribution in [-0.4, -0.2) is 17.0 Å². The molecule has 1 aliphatic rings. The summed E-state index contributed by atoms with van der Waals surface area (Å²) in [7, 11) is 0. The fourth-order valence-corrected chi connectivity index (χ4v) is 4.16. The Morgan fingerprint density at radius 2 is 1.46 bits per heavy atom. The van der Waals surface area contributed by atoms with Gasteiger partial charge in [-0.05, 0) is 24.1 Å². The Balaban J connectivity index is 2.07. The Kier molecular flexibility index (Phi) is 6.46. The van der Waals surface area contributed by atoms with E-state index in [9.17, 15) is 27.9 Å². The van der Waals surface area contributed by atoms with Crippen LogP contribution in [0.3, 0.4) is 0 Å². The number of halogens is 3. The number of hydrogen-bond donors (Lipinski definition) is 2. The summed E-state index contributed by atoms with van der Waals surface area (Å²) in [6.07, 6.45) is -6.46. The molecule has 1 heterocycles. The van der Waals surface area contributed by atoms with Crippen LogP contribution in [0.4, 0.5) is 18.0 Å². The highest BCUT2D eigenvalue weighted by molar-refractivity contribution is 6.15. The van der Waals surface area contributed by atoms with Crippen LogP contribution < -0.4 is 5.32 Å².